The number of carbonyl (C=O) groups excluding carboxylic acids is 1. The van der Waals surface area contributed by atoms with Crippen molar-refractivity contribution < 1.29 is 19.5 Å². The Bertz CT molecular complexity index is 1040. The Kier molecular flexibility index (Phi) is 6.28. The number of likely N-dealkylation sites (N-methyl/N-ethyl adjacent to an activating group) is 1. The van der Waals surface area contributed by atoms with Crippen LogP contribution in [0.3, 0.4) is 0 Å². The van der Waals surface area contributed by atoms with Crippen molar-refractivity contribution in [3.63, 3.8) is 0 Å². The minimum absolute atomic E-state index is 0.202. The van der Waals surface area contributed by atoms with Crippen LogP contribution in [-0.2, 0) is 11.3 Å². The zero-order valence-electron chi connectivity index (χ0n) is 18.2. The van der Waals surface area contributed by atoms with E-state index in [2.05, 4.69) is 36.2 Å². The van der Waals surface area contributed by atoms with E-state index in [1.807, 2.05) is 29.2 Å². The van der Waals surface area contributed by atoms with Crippen LogP contribution in [0.1, 0.15) is 5.56 Å². The van der Waals surface area contributed by atoms with Crippen molar-refractivity contribution in [1.82, 2.24) is 4.90 Å². The number of rotatable bonds is 6. The van der Waals surface area contributed by atoms with Gasteiger partial charge in [0.05, 0.1) is 14.2 Å². The molecule has 1 saturated heterocycles. The average molecular weight is 421 g/mol. The van der Waals surface area contributed by atoms with E-state index < -0.39 is 0 Å². The quantitative estimate of drug-likeness (QED) is 0.640. The fourth-order valence-electron chi connectivity index (χ4n) is 4.17. The Balaban J connectivity index is 1.29. The van der Waals surface area contributed by atoms with Crippen LogP contribution in [-0.4, -0.2) is 62.8 Å². The first-order valence-corrected chi connectivity index (χ1v) is 10.7. The molecule has 3 aromatic rings. The molecule has 0 radical (unpaired) electrons. The molecule has 0 bridgehead atoms. The molecule has 1 aliphatic heterocycles. The average Bonchev–Trinajstić information content (AvgIpc) is 2.79. The first-order valence-electron chi connectivity index (χ1n) is 10.7. The van der Waals surface area contributed by atoms with Crippen LogP contribution in [0.25, 0.3) is 10.8 Å². The van der Waals surface area contributed by atoms with Gasteiger partial charge >= 0.3 is 0 Å². The minimum Gasteiger partial charge on any atom is -0.508 e. The van der Waals surface area contributed by atoms with Crippen molar-refractivity contribution in [2.75, 3.05) is 51.8 Å². The van der Waals surface area contributed by atoms with Gasteiger partial charge in [-0.3, -0.25) is 4.79 Å². The van der Waals surface area contributed by atoms with Crippen molar-refractivity contribution in [1.29, 1.82) is 0 Å². The van der Waals surface area contributed by atoms with E-state index in [4.69, 9.17) is 4.74 Å². The molecule has 2 N–H and O–H groups in total. The highest BCUT2D eigenvalue weighted by molar-refractivity contribution is 5.84. The predicted octanol–water partition coefficient (Wildman–Crippen LogP) is 1.92. The summed E-state index contributed by atoms with van der Waals surface area (Å²) in [4.78, 5) is 18.2. The van der Waals surface area contributed by atoms with Crippen LogP contribution >= 0.6 is 0 Å². The van der Waals surface area contributed by atoms with E-state index in [9.17, 15) is 9.90 Å². The van der Waals surface area contributed by atoms with Crippen molar-refractivity contribution in [2.45, 2.75) is 6.54 Å². The largest absolute Gasteiger partial charge is 0.508 e. The van der Waals surface area contributed by atoms with Crippen LogP contribution < -0.4 is 14.5 Å². The molecular weight excluding hydrogens is 390 g/mol. The van der Waals surface area contributed by atoms with E-state index in [0.717, 1.165) is 49.5 Å². The summed E-state index contributed by atoms with van der Waals surface area (Å²) in [7, 11) is 3.75. The number of hydrogen-bond acceptors (Lipinski definition) is 4. The number of ether oxygens (including phenoxy) is 1. The third-order valence-electron chi connectivity index (χ3n) is 5.92. The Labute approximate surface area is 183 Å². The van der Waals surface area contributed by atoms with Crippen LogP contribution in [0.4, 0.5) is 5.69 Å². The number of fused-ring (bicyclic) bond motifs is 1. The number of hydrogen-bond donors (Lipinski definition) is 2. The molecular formula is C25H30N3O3+. The van der Waals surface area contributed by atoms with Gasteiger partial charge < -0.3 is 24.5 Å². The Morgan fingerprint density at radius 1 is 0.968 bits per heavy atom. The molecule has 4 rings (SSSR count). The number of phenolic OH excluding ortho intramolecular Hbond substituents is 1. The third-order valence-corrected chi connectivity index (χ3v) is 5.92. The van der Waals surface area contributed by atoms with E-state index in [1.54, 1.807) is 19.2 Å². The second kappa shape index (κ2) is 9.27. The lowest BCUT2D eigenvalue weighted by molar-refractivity contribution is -0.885. The highest BCUT2D eigenvalue weighted by atomic mass is 16.5. The van der Waals surface area contributed by atoms with Gasteiger partial charge in [-0.05, 0) is 53.2 Å². The number of aromatic hydroxyl groups is 1. The molecule has 0 spiro atoms. The summed E-state index contributed by atoms with van der Waals surface area (Å²) in [6.07, 6.45) is 0. The smallest absolute Gasteiger partial charge is 0.277 e. The molecule has 1 fully saturated rings. The number of phenols is 1. The maximum absolute atomic E-state index is 12.8. The van der Waals surface area contributed by atoms with Crippen LogP contribution in [0.2, 0.25) is 0 Å². The van der Waals surface area contributed by atoms with Crippen molar-refractivity contribution in [3.05, 3.63) is 66.2 Å². The standard InChI is InChI=1S/C25H29N3O3/c1-26(17-19-3-4-21-16-24(31-2)10-5-20(21)15-19)18-25(30)28-13-11-27(12-14-28)22-6-8-23(29)9-7-22/h3-10,15-16,29H,11-14,17-18H2,1-2H3/p+1. The maximum atomic E-state index is 12.8. The number of methoxy groups -OCH3 is 1. The Hall–Kier alpha value is -3.25. The lowest BCUT2D eigenvalue weighted by atomic mass is 10.1. The molecule has 1 atom stereocenters. The normalized spacial score (nSPS) is 15.2. The van der Waals surface area contributed by atoms with Gasteiger partial charge in [0.25, 0.3) is 5.91 Å². The summed E-state index contributed by atoms with van der Waals surface area (Å²) in [6, 6.07) is 19.8. The molecule has 0 saturated carbocycles. The number of benzene rings is 3. The summed E-state index contributed by atoms with van der Waals surface area (Å²) in [5, 5.41) is 11.8. The number of piperazine rings is 1. The number of nitrogens with one attached hydrogen (secondary N) is 1. The number of anilines is 1. The molecule has 6 nitrogen and oxygen atoms in total. The molecule has 0 aliphatic carbocycles. The van der Waals surface area contributed by atoms with E-state index in [0.29, 0.717) is 6.54 Å². The predicted molar refractivity (Wildman–Crippen MR) is 123 cm³/mol. The molecule has 0 aromatic heterocycles. The fourth-order valence-corrected chi connectivity index (χ4v) is 4.17. The summed E-state index contributed by atoms with van der Waals surface area (Å²) in [6.45, 7) is 4.37. The van der Waals surface area contributed by atoms with E-state index in [1.165, 1.54) is 15.8 Å². The molecule has 1 unspecified atom stereocenters. The molecule has 31 heavy (non-hydrogen) atoms. The number of quaternary nitrogens is 1. The molecule has 1 aliphatic rings. The van der Waals surface area contributed by atoms with Gasteiger partial charge in [-0.2, -0.15) is 0 Å². The Morgan fingerprint density at radius 2 is 1.65 bits per heavy atom. The maximum Gasteiger partial charge on any atom is 0.277 e. The second-order valence-corrected chi connectivity index (χ2v) is 8.24. The molecule has 6 heteroatoms. The van der Waals surface area contributed by atoms with Crippen LogP contribution in [0.15, 0.2) is 60.7 Å². The highest BCUT2D eigenvalue weighted by Crippen LogP contribution is 2.22. The third kappa shape index (κ3) is 5.09. The zero-order chi connectivity index (χ0) is 21.8. The van der Waals surface area contributed by atoms with Crippen LogP contribution in [0, 0.1) is 0 Å². The number of amides is 1. The SMILES string of the molecule is COc1ccc2cc(C[NH+](C)CC(=O)N3CCN(c4ccc(O)cc4)CC3)ccc2c1. The molecule has 3 aromatic carbocycles. The van der Waals surface area contributed by atoms with Gasteiger partial charge in [0.1, 0.15) is 18.0 Å². The summed E-state index contributed by atoms with van der Waals surface area (Å²) < 4.78 is 5.30. The van der Waals surface area contributed by atoms with E-state index in [-0.39, 0.29) is 11.7 Å². The number of carbonyl (C=O) groups is 1. The van der Waals surface area contributed by atoms with Crippen molar-refractivity contribution in [2.24, 2.45) is 0 Å². The highest BCUT2D eigenvalue weighted by Gasteiger charge is 2.23. The first kappa shape index (κ1) is 21.0. The zero-order valence-corrected chi connectivity index (χ0v) is 18.2. The van der Waals surface area contributed by atoms with Gasteiger partial charge in [-0.1, -0.05) is 18.2 Å². The second-order valence-electron chi connectivity index (χ2n) is 8.24. The molecule has 1 heterocycles. The summed E-state index contributed by atoms with van der Waals surface area (Å²) >= 11 is 0. The first-order chi connectivity index (χ1) is 15.0. The lowest BCUT2D eigenvalue weighted by Gasteiger charge is -2.36. The van der Waals surface area contributed by atoms with Crippen molar-refractivity contribution in [3.8, 4) is 11.5 Å². The van der Waals surface area contributed by atoms with Gasteiger partial charge in [0, 0.05) is 37.4 Å². The molecule has 162 valence electrons. The monoisotopic (exact) mass is 420 g/mol. The summed E-state index contributed by atoms with van der Waals surface area (Å²) in [5.41, 5.74) is 2.31. The molecule has 1 amide bonds. The van der Waals surface area contributed by atoms with Crippen molar-refractivity contribution >= 4 is 22.4 Å². The van der Waals surface area contributed by atoms with E-state index >= 15 is 0 Å². The lowest BCUT2D eigenvalue weighted by Crippen LogP contribution is -3.09. The minimum atomic E-state index is 0.202. The van der Waals surface area contributed by atoms with Gasteiger partial charge in [0.2, 0.25) is 0 Å². The topological polar surface area (TPSA) is 57.5 Å². The van der Waals surface area contributed by atoms with Gasteiger partial charge in [-0.15, -0.1) is 0 Å². The van der Waals surface area contributed by atoms with Gasteiger partial charge in [-0.25, -0.2) is 0 Å². The summed E-state index contributed by atoms with van der Waals surface area (Å²) in [5.74, 6) is 1.34. The van der Waals surface area contributed by atoms with Crippen LogP contribution in [0.5, 0.6) is 11.5 Å². The Morgan fingerprint density at radius 3 is 2.35 bits per heavy atom. The number of nitrogens with zero attached hydrogens (tertiary/aromatic N) is 2. The fraction of sp³-hybridized carbons (Fsp3) is 0.320. The van der Waals surface area contributed by atoms with Gasteiger partial charge in [0.15, 0.2) is 6.54 Å².